The van der Waals surface area contributed by atoms with Crippen molar-refractivity contribution in [3.8, 4) is 16.3 Å². The summed E-state index contributed by atoms with van der Waals surface area (Å²) in [6.45, 7) is 3.50. The van der Waals surface area contributed by atoms with Crippen LogP contribution in [0.25, 0.3) is 10.6 Å². The lowest BCUT2D eigenvalue weighted by Crippen LogP contribution is -2.37. The Morgan fingerprint density at radius 3 is 2.79 bits per heavy atom. The third kappa shape index (κ3) is 3.75. The van der Waals surface area contributed by atoms with E-state index >= 15 is 0 Å². The molecule has 1 aliphatic rings. The van der Waals surface area contributed by atoms with Gasteiger partial charge < -0.3 is 9.64 Å². The number of carbonyl (C=O) groups excluding carboxylic acids is 1. The Kier molecular flexibility index (Phi) is 5.34. The van der Waals surface area contributed by atoms with E-state index in [2.05, 4.69) is 9.97 Å². The first-order chi connectivity index (χ1) is 13.7. The molecule has 144 valence electrons. The van der Waals surface area contributed by atoms with Crippen molar-refractivity contribution in [1.29, 1.82) is 0 Å². The highest BCUT2D eigenvalue weighted by Crippen LogP contribution is 2.36. The summed E-state index contributed by atoms with van der Waals surface area (Å²) in [6.07, 6.45) is 5.17. The lowest BCUT2D eigenvalue weighted by Gasteiger charge is -2.31. The molecular formula is C21H22N4O2S. The second kappa shape index (κ2) is 8.06. The van der Waals surface area contributed by atoms with E-state index in [-0.39, 0.29) is 5.91 Å². The standard InChI is InChI=1S/C21H22N4O2S/c1-14-19(18-6-9-22-13-23-18)28-20(24-14)15-7-10-25(11-8-15)21(26)16-4-3-5-17(12-16)27-2/h3-6,9,12-13,15H,7-8,10-11H2,1-2H3. The van der Waals surface area contributed by atoms with Crippen LogP contribution in [0.15, 0.2) is 42.9 Å². The number of methoxy groups -OCH3 is 1. The summed E-state index contributed by atoms with van der Waals surface area (Å²) in [6, 6.07) is 9.26. The van der Waals surface area contributed by atoms with Crippen molar-refractivity contribution in [2.75, 3.05) is 20.2 Å². The first-order valence-corrected chi connectivity index (χ1v) is 10.1. The number of aromatic nitrogens is 3. The molecule has 1 saturated heterocycles. The summed E-state index contributed by atoms with van der Waals surface area (Å²) < 4.78 is 5.23. The molecule has 0 N–H and O–H groups in total. The average Bonchev–Trinajstić information content (AvgIpc) is 3.15. The molecule has 1 aliphatic heterocycles. The van der Waals surface area contributed by atoms with Crippen molar-refractivity contribution in [3.63, 3.8) is 0 Å². The number of likely N-dealkylation sites (tertiary alicyclic amines) is 1. The Labute approximate surface area is 168 Å². The monoisotopic (exact) mass is 394 g/mol. The van der Waals surface area contributed by atoms with E-state index in [1.807, 2.05) is 36.1 Å². The van der Waals surface area contributed by atoms with Crippen LogP contribution in [0, 0.1) is 6.92 Å². The minimum atomic E-state index is 0.0642. The maximum atomic E-state index is 12.8. The number of piperidine rings is 1. The fourth-order valence-corrected chi connectivity index (χ4v) is 4.74. The SMILES string of the molecule is COc1cccc(C(=O)N2CCC(c3nc(C)c(-c4ccncn4)s3)CC2)c1. The van der Waals surface area contributed by atoms with Gasteiger partial charge in [-0.2, -0.15) is 0 Å². The van der Waals surface area contributed by atoms with Crippen LogP contribution in [-0.2, 0) is 0 Å². The first kappa shape index (κ1) is 18.6. The molecule has 0 aliphatic carbocycles. The molecule has 0 radical (unpaired) electrons. The lowest BCUT2D eigenvalue weighted by atomic mass is 9.97. The smallest absolute Gasteiger partial charge is 0.253 e. The van der Waals surface area contributed by atoms with Gasteiger partial charge in [0.2, 0.25) is 0 Å². The van der Waals surface area contributed by atoms with Gasteiger partial charge in [0.15, 0.2) is 0 Å². The van der Waals surface area contributed by atoms with Crippen LogP contribution in [0.5, 0.6) is 5.75 Å². The van der Waals surface area contributed by atoms with Gasteiger partial charge in [-0.25, -0.2) is 15.0 Å². The van der Waals surface area contributed by atoms with Crippen molar-refractivity contribution >= 4 is 17.2 Å². The highest BCUT2D eigenvalue weighted by atomic mass is 32.1. The van der Waals surface area contributed by atoms with Gasteiger partial charge in [-0.15, -0.1) is 11.3 Å². The first-order valence-electron chi connectivity index (χ1n) is 9.32. The van der Waals surface area contributed by atoms with Crippen LogP contribution in [0.3, 0.4) is 0 Å². The van der Waals surface area contributed by atoms with Gasteiger partial charge in [-0.05, 0) is 44.0 Å². The van der Waals surface area contributed by atoms with Gasteiger partial charge in [0.25, 0.3) is 5.91 Å². The van der Waals surface area contributed by atoms with Gasteiger partial charge in [-0.3, -0.25) is 4.79 Å². The molecule has 28 heavy (non-hydrogen) atoms. The van der Waals surface area contributed by atoms with Crippen LogP contribution in [0.4, 0.5) is 0 Å². The topological polar surface area (TPSA) is 68.2 Å². The molecule has 2 aromatic heterocycles. The lowest BCUT2D eigenvalue weighted by molar-refractivity contribution is 0.0712. The Bertz CT molecular complexity index is 966. The van der Waals surface area contributed by atoms with E-state index in [1.54, 1.807) is 37.0 Å². The predicted octanol–water partition coefficient (Wildman–Crippen LogP) is 3.94. The summed E-state index contributed by atoms with van der Waals surface area (Å²) in [7, 11) is 1.61. The van der Waals surface area contributed by atoms with Gasteiger partial charge in [0, 0.05) is 30.8 Å². The van der Waals surface area contributed by atoms with E-state index in [1.165, 1.54) is 0 Å². The van der Waals surface area contributed by atoms with E-state index in [0.717, 1.165) is 47.2 Å². The quantitative estimate of drug-likeness (QED) is 0.670. The Hall–Kier alpha value is -2.80. The summed E-state index contributed by atoms with van der Waals surface area (Å²) in [5.74, 6) is 1.15. The number of amides is 1. The predicted molar refractivity (Wildman–Crippen MR) is 109 cm³/mol. The zero-order valence-electron chi connectivity index (χ0n) is 16.0. The van der Waals surface area contributed by atoms with Crippen molar-refractivity contribution in [1.82, 2.24) is 19.9 Å². The minimum Gasteiger partial charge on any atom is -0.497 e. The number of carbonyl (C=O) groups is 1. The van der Waals surface area contributed by atoms with Crippen molar-refractivity contribution < 1.29 is 9.53 Å². The van der Waals surface area contributed by atoms with E-state index < -0.39 is 0 Å². The zero-order chi connectivity index (χ0) is 19.5. The van der Waals surface area contributed by atoms with Crippen LogP contribution >= 0.6 is 11.3 Å². The number of hydrogen-bond donors (Lipinski definition) is 0. The molecule has 0 bridgehead atoms. The average molecular weight is 395 g/mol. The van der Waals surface area contributed by atoms with E-state index in [4.69, 9.17) is 9.72 Å². The molecule has 3 heterocycles. The molecule has 1 aromatic carbocycles. The number of ether oxygens (including phenoxy) is 1. The van der Waals surface area contributed by atoms with Crippen molar-refractivity contribution in [2.45, 2.75) is 25.7 Å². The maximum absolute atomic E-state index is 12.8. The molecule has 0 saturated carbocycles. The third-order valence-electron chi connectivity index (χ3n) is 5.08. The molecule has 1 fully saturated rings. The van der Waals surface area contributed by atoms with Crippen LogP contribution in [0.2, 0.25) is 0 Å². The summed E-state index contributed by atoms with van der Waals surface area (Å²) >= 11 is 1.71. The Morgan fingerprint density at radius 1 is 1.25 bits per heavy atom. The molecule has 7 heteroatoms. The number of nitrogens with zero attached hydrogens (tertiary/aromatic N) is 4. The molecule has 1 amide bonds. The van der Waals surface area contributed by atoms with Gasteiger partial charge in [0.1, 0.15) is 12.1 Å². The summed E-state index contributed by atoms with van der Waals surface area (Å²) in [5, 5.41) is 1.14. The Balaban J connectivity index is 1.44. The summed E-state index contributed by atoms with van der Waals surface area (Å²) in [4.78, 5) is 29.0. The Morgan fingerprint density at radius 2 is 2.07 bits per heavy atom. The van der Waals surface area contributed by atoms with Crippen molar-refractivity contribution in [3.05, 3.63) is 59.1 Å². The third-order valence-corrected chi connectivity index (χ3v) is 6.42. The second-order valence-corrected chi connectivity index (χ2v) is 7.89. The summed E-state index contributed by atoms with van der Waals surface area (Å²) in [5.41, 5.74) is 2.60. The number of aryl methyl sites for hydroxylation is 1. The van der Waals surface area contributed by atoms with Gasteiger partial charge >= 0.3 is 0 Å². The number of thiazole rings is 1. The molecule has 0 spiro atoms. The highest BCUT2D eigenvalue weighted by Gasteiger charge is 2.27. The van der Waals surface area contributed by atoms with Crippen LogP contribution < -0.4 is 4.74 Å². The minimum absolute atomic E-state index is 0.0642. The van der Waals surface area contributed by atoms with Crippen LogP contribution in [-0.4, -0.2) is 46.0 Å². The number of hydrogen-bond acceptors (Lipinski definition) is 6. The van der Waals surface area contributed by atoms with Gasteiger partial charge in [0.05, 0.1) is 28.4 Å². The number of benzene rings is 1. The van der Waals surface area contributed by atoms with E-state index in [0.29, 0.717) is 17.2 Å². The fourth-order valence-electron chi connectivity index (χ4n) is 3.52. The number of rotatable bonds is 4. The molecule has 6 nitrogen and oxygen atoms in total. The van der Waals surface area contributed by atoms with Gasteiger partial charge in [-0.1, -0.05) is 6.07 Å². The maximum Gasteiger partial charge on any atom is 0.253 e. The molecule has 0 unspecified atom stereocenters. The fraction of sp³-hybridized carbons (Fsp3) is 0.333. The van der Waals surface area contributed by atoms with Crippen LogP contribution in [0.1, 0.15) is 39.8 Å². The molecule has 4 rings (SSSR count). The zero-order valence-corrected chi connectivity index (χ0v) is 16.8. The molecule has 3 aromatic rings. The highest BCUT2D eigenvalue weighted by molar-refractivity contribution is 7.15. The second-order valence-electron chi connectivity index (χ2n) is 6.86. The van der Waals surface area contributed by atoms with E-state index in [9.17, 15) is 4.79 Å². The largest absolute Gasteiger partial charge is 0.497 e. The van der Waals surface area contributed by atoms with Crippen molar-refractivity contribution in [2.24, 2.45) is 0 Å². The molecular weight excluding hydrogens is 372 g/mol. The normalized spacial score (nSPS) is 14.9. The molecule has 0 atom stereocenters.